The van der Waals surface area contributed by atoms with Crippen LogP contribution in [0, 0.1) is 17.8 Å². The van der Waals surface area contributed by atoms with Crippen LogP contribution in [-0.4, -0.2) is 21.2 Å². The van der Waals surface area contributed by atoms with Crippen LogP contribution in [0.15, 0.2) is 23.4 Å². The first-order valence-corrected chi connectivity index (χ1v) is 6.07. The minimum Gasteiger partial charge on any atom is -0.197 e. The normalized spacial score (nSPS) is 34.1. The smallest absolute Gasteiger partial charge is 0.138 e. The van der Waals surface area contributed by atoms with Crippen molar-refractivity contribution in [2.75, 3.05) is 5.75 Å². The molecule has 0 amide bonds. The number of allylic oxidation sites excluding steroid dienone is 2. The lowest BCUT2D eigenvalue weighted by Crippen LogP contribution is -2.09. The van der Waals surface area contributed by atoms with Crippen LogP contribution in [0.1, 0.15) is 12.8 Å². The van der Waals surface area contributed by atoms with Gasteiger partial charge in [-0.1, -0.05) is 12.2 Å². The summed E-state index contributed by atoms with van der Waals surface area (Å²) < 4.78 is 0. The third-order valence-corrected chi connectivity index (χ3v) is 4.34. The fraction of sp³-hybridized carbons (Fsp3) is 0.600. The monoisotopic (exact) mass is 207 g/mol. The molecule has 1 aromatic heterocycles. The molecule has 0 aromatic carbocycles. The zero-order valence-corrected chi connectivity index (χ0v) is 8.70. The molecule has 74 valence electrons. The first-order valence-electron chi connectivity index (χ1n) is 5.09. The first-order chi connectivity index (χ1) is 6.92. The predicted molar refractivity (Wildman–Crippen MR) is 56.0 cm³/mol. The number of aromatic amines is 1. The summed E-state index contributed by atoms with van der Waals surface area (Å²) in [6, 6.07) is 0. The maximum atomic E-state index is 4.05. The molecule has 3 atom stereocenters. The Morgan fingerprint density at radius 2 is 2.43 bits per heavy atom. The summed E-state index contributed by atoms with van der Waals surface area (Å²) in [5, 5.41) is 11.5. The van der Waals surface area contributed by atoms with Crippen molar-refractivity contribution in [3.8, 4) is 0 Å². The van der Waals surface area contributed by atoms with E-state index in [4.69, 9.17) is 0 Å². The average molecular weight is 207 g/mol. The molecule has 3 rings (SSSR count). The van der Waals surface area contributed by atoms with Crippen molar-refractivity contribution >= 4 is 11.8 Å². The Bertz CT molecular complexity index is 333. The number of aromatic nitrogens is 3. The van der Waals surface area contributed by atoms with Crippen molar-refractivity contribution in [2.24, 2.45) is 17.8 Å². The fourth-order valence-electron chi connectivity index (χ4n) is 2.54. The van der Waals surface area contributed by atoms with Gasteiger partial charge in [0.15, 0.2) is 0 Å². The zero-order valence-electron chi connectivity index (χ0n) is 7.89. The van der Waals surface area contributed by atoms with Gasteiger partial charge in [0.05, 0.1) is 6.20 Å². The van der Waals surface area contributed by atoms with Crippen LogP contribution in [0.2, 0.25) is 0 Å². The predicted octanol–water partition coefficient (Wildman–Crippen LogP) is 2.11. The lowest BCUT2D eigenvalue weighted by molar-refractivity contribution is 0.502. The van der Waals surface area contributed by atoms with E-state index in [0.717, 1.165) is 22.8 Å². The summed E-state index contributed by atoms with van der Waals surface area (Å²) >= 11 is 1.83. The van der Waals surface area contributed by atoms with Crippen LogP contribution < -0.4 is 0 Å². The standard InChI is InChI=1S/C10H13N3S/c1-2-8-3-7(1)4-9(8)6-14-10-5-11-13-12-10/h1-2,5,7-9H,3-4,6H2,(H,11,12,13)/t7-,8+,9-/m0/s1. The fourth-order valence-corrected chi connectivity index (χ4v) is 3.54. The van der Waals surface area contributed by atoms with Gasteiger partial charge in [0.1, 0.15) is 5.03 Å². The summed E-state index contributed by atoms with van der Waals surface area (Å²) in [5.41, 5.74) is 0. The molecule has 0 radical (unpaired) electrons. The molecule has 2 aliphatic carbocycles. The zero-order chi connectivity index (χ0) is 9.38. The molecule has 1 saturated carbocycles. The SMILES string of the molecule is C1=C[C@@H]2C[C@H]1C[C@H]2CSc1cn[nH]n1. The highest BCUT2D eigenvalue weighted by atomic mass is 32.2. The van der Waals surface area contributed by atoms with E-state index in [9.17, 15) is 0 Å². The number of hydrogen-bond donors (Lipinski definition) is 1. The van der Waals surface area contributed by atoms with Crippen LogP contribution in [0.4, 0.5) is 0 Å². The van der Waals surface area contributed by atoms with Crippen molar-refractivity contribution in [1.82, 2.24) is 15.4 Å². The van der Waals surface area contributed by atoms with Gasteiger partial charge in [-0.05, 0) is 30.6 Å². The quantitative estimate of drug-likeness (QED) is 0.609. The van der Waals surface area contributed by atoms with E-state index in [1.165, 1.54) is 18.6 Å². The van der Waals surface area contributed by atoms with Gasteiger partial charge in [-0.15, -0.1) is 16.9 Å². The maximum Gasteiger partial charge on any atom is 0.138 e. The Morgan fingerprint density at radius 1 is 1.43 bits per heavy atom. The van der Waals surface area contributed by atoms with E-state index in [1.54, 1.807) is 6.20 Å². The molecule has 3 nitrogen and oxygen atoms in total. The Hall–Kier alpha value is -0.770. The van der Waals surface area contributed by atoms with Gasteiger partial charge >= 0.3 is 0 Å². The average Bonchev–Trinajstić information content (AvgIpc) is 2.91. The molecule has 4 heteroatoms. The number of thioether (sulfide) groups is 1. The topological polar surface area (TPSA) is 41.6 Å². The van der Waals surface area contributed by atoms with Gasteiger partial charge in [-0.3, -0.25) is 0 Å². The Kier molecular flexibility index (Phi) is 2.09. The molecular formula is C10H13N3S. The van der Waals surface area contributed by atoms with Crippen molar-refractivity contribution in [1.29, 1.82) is 0 Å². The van der Waals surface area contributed by atoms with Gasteiger partial charge in [0.2, 0.25) is 0 Å². The lowest BCUT2D eigenvalue weighted by atomic mass is 9.96. The van der Waals surface area contributed by atoms with Crippen LogP contribution in [0.5, 0.6) is 0 Å². The first kappa shape index (κ1) is 8.53. The molecule has 14 heavy (non-hydrogen) atoms. The van der Waals surface area contributed by atoms with Crippen molar-refractivity contribution in [2.45, 2.75) is 17.9 Å². The highest BCUT2D eigenvalue weighted by molar-refractivity contribution is 7.99. The summed E-state index contributed by atoms with van der Waals surface area (Å²) in [5.74, 6) is 3.78. The second-order valence-electron chi connectivity index (χ2n) is 4.16. The molecule has 0 aliphatic heterocycles. The van der Waals surface area contributed by atoms with Gasteiger partial charge in [-0.2, -0.15) is 10.3 Å². The number of rotatable bonds is 3. The maximum absolute atomic E-state index is 4.05. The second kappa shape index (κ2) is 3.42. The molecule has 1 heterocycles. The minimum absolute atomic E-state index is 0.847. The second-order valence-corrected chi connectivity index (χ2v) is 5.20. The van der Waals surface area contributed by atoms with Gasteiger partial charge in [0, 0.05) is 5.75 Å². The van der Waals surface area contributed by atoms with E-state index in [-0.39, 0.29) is 0 Å². The highest BCUT2D eigenvalue weighted by Gasteiger charge is 2.35. The summed E-state index contributed by atoms with van der Waals surface area (Å²) in [7, 11) is 0. The van der Waals surface area contributed by atoms with Crippen LogP contribution in [-0.2, 0) is 0 Å². The van der Waals surface area contributed by atoms with Crippen LogP contribution in [0.25, 0.3) is 0 Å². The van der Waals surface area contributed by atoms with Gasteiger partial charge in [0.25, 0.3) is 0 Å². The molecule has 2 aliphatic rings. The lowest BCUT2D eigenvalue weighted by Gasteiger charge is -2.16. The summed E-state index contributed by atoms with van der Waals surface area (Å²) in [4.78, 5) is 0. The van der Waals surface area contributed by atoms with Crippen molar-refractivity contribution in [3.05, 3.63) is 18.3 Å². The van der Waals surface area contributed by atoms with E-state index in [2.05, 4.69) is 27.6 Å². The Labute approximate surface area is 87.4 Å². The molecule has 1 N–H and O–H groups in total. The number of nitrogens with zero attached hydrogens (tertiary/aromatic N) is 2. The van der Waals surface area contributed by atoms with Crippen molar-refractivity contribution < 1.29 is 0 Å². The van der Waals surface area contributed by atoms with Gasteiger partial charge < -0.3 is 0 Å². The molecule has 0 saturated heterocycles. The third kappa shape index (κ3) is 1.47. The van der Waals surface area contributed by atoms with Crippen molar-refractivity contribution in [3.63, 3.8) is 0 Å². The molecule has 1 fully saturated rings. The molecule has 1 aromatic rings. The number of H-pyrrole nitrogens is 1. The van der Waals surface area contributed by atoms with E-state index < -0.39 is 0 Å². The molecule has 0 spiro atoms. The molecule has 0 unspecified atom stereocenters. The molecule has 2 bridgehead atoms. The van der Waals surface area contributed by atoms with E-state index in [1.807, 2.05) is 11.8 Å². The number of fused-ring (bicyclic) bond motifs is 2. The van der Waals surface area contributed by atoms with Gasteiger partial charge in [-0.25, -0.2) is 0 Å². The van der Waals surface area contributed by atoms with E-state index >= 15 is 0 Å². The Balaban J connectivity index is 1.57. The van der Waals surface area contributed by atoms with E-state index in [0.29, 0.717) is 0 Å². The largest absolute Gasteiger partial charge is 0.197 e. The third-order valence-electron chi connectivity index (χ3n) is 3.25. The Morgan fingerprint density at radius 3 is 3.07 bits per heavy atom. The number of hydrogen-bond acceptors (Lipinski definition) is 3. The van der Waals surface area contributed by atoms with Crippen LogP contribution in [0.3, 0.4) is 0 Å². The highest BCUT2D eigenvalue weighted by Crippen LogP contribution is 2.45. The summed E-state index contributed by atoms with van der Waals surface area (Å²) in [6.45, 7) is 0. The summed E-state index contributed by atoms with van der Waals surface area (Å²) in [6.07, 6.45) is 9.37. The molecular weight excluding hydrogens is 194 g/mol. The minimum atomic E-state index is 0.847. The number of nitrogens with one attached hydrogen (secondary N) is 1. The van der Waals surface area contributed by atoms with Crippen LogP contribution >= 0.6 is 11.8 Å².